The van der Waals surface area contributed by atoms with Crippen LogP contribution in [-0.2, 0) is 0 Å². The zero-order chi connectivity index (χ0) is 27.5. The minimum absolute atomic E-state index is 0.780. The lowest BCUT2D eigenvalue weighted by Crippen LogP contribution is -2.34. The van der Waals surface area contributed by atoms with Crippen molar-refractivity contribution < 1.29 is 0 Å². The maximum atomic E-state index is 6.22. The van der Waals surface area contributed by atoms with E-state index < -0.39 is 0 Å². The van der Waals surface area contributed by atoms with Crippen LogP contribution in [-0.4, -0.2) is 52.4 Å². The van der Waals surface area contributed by atoms with Gasteiger partial charge >= 0.3 is 0 Å². The maximum absolute atomic E-state index is 6.22. The molecule has 0 bridgehead atoms. The molecule has 0 amide bonds. The van der Waals surface area contributed by atoms with E-state index >= 15 is 0 Å². The highest BCUT2D eigenvalue weighted by Gasteiger charge is 2.36. The summed E-state index contributed by atoms with van der Waals surface area (Å²) in [7, 11) is 0. The molecule has 1 aliphatic carbocycles. The zero-order valence-electron chi connectivity index (χ0n) is 23.2. The predicted octanol–water partition coefficient (Wildman–Crippen LogP) is 10.4. The van der Waals surface area contributed by atoms with Gasteiger partial charge in [-0.15, -0.1) is 11.3 Å². The highest BCUT2D eigenvalue weighted by molar-refractivity contribution is 9.11. The predicted molar refractivity (Wildman–Crippen MR) is 181 cm³/mol. The third-order valence-electron chi connectivity index (χ3n) is 9.53. The van der Waals surface area contributed by atoms with Gasteiger partial charge in [0.1, 0.15) is 10.2 Å². The number of hydrogen-bond acceptors (Lipinski definition) is 7. The molecule has 2 unspecified atom stereocenters. The van der Waals surface area contributed by atoms with E-state index in [1.807, 2.05) is 23.9 Å². The summed E-state index contributed by atoms with van der Waals surface area (Å²) in [5, 5.41) is 0. The van der Waals surface area contributed by atoms with Crippen molar-refractivity contribution in [3.8, 4) is 0 Å². The average Bonchev–Trinajstić information content (AvgIpc) is 3.51. The van der Waals surface area contributed by atoms with Crippen molar-refractivity contribution in [2.45, 2.75) is 92.2 Å². The van der Waals surface area contributed by atoms with Crippen molar-refractivity contribution in [2.24, 2.45) is 17.8 Å². The molecular formula is C30H41Br2ClN4S3. The van der Waals surface area contributed by atoms with Crippen LogP contribution in [0.25, 0.3) is 0 Å². The van der Waals surface area contributed by atoms with Crippen LogP contribution in [0.5, 0.6) is 0 Å². The van der Waals surface area contributed by atoms with Gasteiger partial charge in [0.15, 0.2) is 0 Å². The Labute approximate surface area is 275 Å². The molecule has 4 aliphatic rings. The maximum Gasteiger partial charge on any atom is 0.142 e. The van der Waals surface area contributed by atoms with Crippen LogP contribution < -0.4 is 4.90 Å². The van der Waals surface area contributed by atoms with Gasteiger partial charge in [0, 0.05) is 54.3 Å². The molecule has 0 radical (unpaired) electrons. The molecule has 3 saturated heterocycles. The fraction of sp³-hybridized carbons (Fsp3) is 0.700. The van der Waals surface area contributed by atoms with Gasteiger partial charge in [0.2, 0.25) is 0 Å². The van der Waals surface area contributed by atoms with Crippen molar-refractivity contribution >= 4 is 84.5 Å². The fourth-order valence-electron chi connectivity index (χ4n) is 7.22. The van der Waals surface area contributed by atoms with Crippen molar-refractivity contribution in [3.63, 3.8) is 0 Å². The number of fused-ring (bicyclic) bond motifs is 1. The van der Waals surface area contributed by atoms with Crippen LogP contribution in [0.15, 0.2) is 36.4 Å². The van der Waals surface area contributed by atoms with Gasteiger partial charge in [0.05, 0.1) is 8.68 Å². The first-order valence-corrected chi connectivity index (χ1v) is 19.6. The topological polar surface area (TPSA) is 22.6 Å². The Hall–Kier alpha value is 0.520. The summed E-state index contributed by atoms with van der Waals surface area (Å²) in [5.41, 5.74) is 0. The monoisotopic (exact) mass is 746 g/mol. The zero-order valence-corrected chi connectivity index (χ0v) is 29.6. The number of halogens is 3. The molecule has 10 heteroatoms. The van der Waals surface area contributed by atoms with Crippen molar-refractivity contribution in [2.75, 3.05) is 37.6 Å². The van der Waals surface area contributed by atoms with Crippen LogP contribution in [0.2, 0.25) is 4.34 Å². The van der Waals surface area contributed by atoms with Gasteiger partial charge in [-0.25, -0.2) is 13.6 Å². The smallest absolute Gasteiger partial charge is 0.142 e. The number of rotatable bonds is 9. The molecule has 40 heavy (non-hydrogen) atoms. The minimum Gasteiger partial charge on any atom is -0.356 e. The van der Waals surface area contributed by atoms with Crippen molar-refractivity contribution in [1.82, 2.24) is 13.6 Å². The lowest BCUT2D eigenvalue weighted by Gasteiger charge is -2.34. The Morgan fingerprint density at radius 2 is 1.57 bits per heavy atom. The number of pyridine rings is 1. The van der Waals surface area contributed by atoms with Gasteiger partial charge < -0.3 is 4.90 Å². The van der Waals surface area contributed by atoms with Gasteiger partial charge in [0.25, 0.3) is 0 Å². The highest BCUT2D eigenvalue weighted by Crippen LogP contribution is 2.43. The van der Waals surface area contributed by atoms with E-state index in [2.05, 4.69) is 63.7 Å². The normalized spacial score (nSPS) is 25.5. The molecule has 3 aliphatic heterocycles. The molecule has 0 aromatic carbocycles. The highest BCUT2D eigenvalue weighted by atomic mass is 79.9. The van der Waals surface area contributed by atoms with Crippen LogP contribution in [0, 0.1) is 17.8 Å². The first kappa shape index (κ1) is 30.5. The first-order chi connectivity index (χ1) is 19.5. The third kappa shape index (κ3) is 7.77. The second-order valence-electron chi connectivity index (χ2n) is 12.1. The molecule has 0 N–H and O–H groups in total. The van der Waals surface area contributed by atoms with Gasteiger partial charge in [-0.1, -0.05) is 43.7 Å². The molecule has 0 spiro atoms. The third-order valence-corrected chi connectivity index (χ3v) is 14.9. The van der Waals surface area contributed by atoms with E-state index in [0.717, 1.165) is 56.0 Å². The Balaban J connectivity index is 0.889. The molecular weight excluding hydrogens is 708 g/mol. The summed E-state index contributed by atoms with van der Waals surface area (Å²) >= 11 is 19.1. The van der Waals surface area contributed by atoms with Gasteiger partial charge in [-0.05, 0) is 131 Å². The van der Waals surface area contributed by atoms with Crippen LogP contribution >= 0.6 is 78.7 Å². The van der Waals surface area contributed by atoms with E-state index in [-0.39, 0.29) is 0 Å². The Morgan fingerprint density at radius 3 is 2.27 bits per heavy atom. The molecule has 220 valence electrons. The fourth-order valence-corrected chi connectivity index (χ4v) is 12.4. The SMILES string of the molecule is Clc1sc(SN2CCC(CCCC3CCN(c4ncc(SN5CCC6CCCCC65)cc4Br)CC3)CC2)cc1Br. The number of aromatic nitrogens is 1. The molecule has 4 nitrogen and oxygen atoms in total. The number of anilines is 1. The summed E-state index contributed by atoms with van der Waals surface area (Å²) in [6.07, 6.45) is 18.6. The lowest BCUT2D eigenvalue weighted by atomic mass is 9.86. The molecule has 1 saturated carbocycles. The summed E-state index contributed by atoms with van der Waals surface area (Å²) in [5.74, 6) is 3.84. The summed E-state index contributed by atoms with van der Waals surface area (Å²) in [4.78, 5) is 8.74. The summed E-state index contributed by atoms with van der Waals surface area (Å²) < 4.78 is 9.51. The van der Waals surface area contributed by atoms with Crippen LogP contribution in [0.3, 0.4) is 0 Å². The number of piperidine rings is 2. The van der Waals surface area contributed by atoms with E-state index in [0.29, 0.717) is 0 Å². The quantitative estimate of drug-likeness (QED) is 0.237. The molecule has 2 atom stereocenters. The van der Waals surface area contributed by atoms with E-state index in [1.54, 1.807) is 11.3 Å². The largest absolute Gasteiger partial charge is 0.356 e. The van der Waals surface area contributed by atoms with E-state index in [9.17, 15) is 0 Å². The van der Waals surface area contributed by atoms with Gasteiger partial charge in [-0.3, -0.25) is 0 Å². The first-order valence-electron chi connectivity index (χ1n) is 15.2. The molecule has 6 rings (SSSR count). The van der Waals surface area contributed by atoms with E-state index in [1.165, 1.54) is 106 Å². The van der Waals surface area contributed by atoms with Crippen molar-refractivity contribution in [3.05, 3.63) is 31.6 Å². The van der Waals surface area contributed by atoms with Crippen LogP contribution in [0.4, 0.5) is 5.82 Å². The summed E-state index contributed by atoms with van der Waals surface area (Å²) in [6, 6.07) is 5.24. The Morgan fingerprint density at radius 1 is 0.850 bits per heavy atom. The van der Waals surface area contributed by atoms with E-state index in [4.69, 9.17) is 16.6 Å². The lowest BCUT2D eigenvalue weighted by molar-refractivity contribution is 0.264. The molecule has 2 aromatic heterocycles. The molecule has 5 heterocycles. The molecule has 4 fully saturated rings. The second kappa shape index (κ2) is 14.5. The number of nitrogens with zero attached hydrogens (tertiary/aromatic N) is 4. The molecule has 2 aromatic rings. The van der Waals surface area contributed by atoms with Crippen LogP contribution in [0.1, 0.15) is 77.0 Å². The summed E-state index contributed by atoms with van der Waals surface area (Å²) in [6.45, 7) is 5.89. The standard InChI is InChI=1S/C30H41Br2ClN4S3/c31-25-19-28(38-29(25)33)40-36-15-10-22(11-16-36)5-3-4-21-8-13-35(14-9-21)30-26(32)18-24(20-34-30)39-37-17-12-23-6-1-2-7-27(23)37/h18-23,27H,1-17H2. The number of hydrogen-bond donors (Lipinski definition) is 0. The number of thiophene rings is 1. The Bertz CT molecular complexity index is 1100. The minimum atomic E-state index is 0.780. The Kier molecular flexibility index (Phi) is 11.1. The average molecular weight is 749 g/mol. The van der Waals surface area contributed by atoms with Gasteiger partial charge in [-0.2, -0.15) is 0 Å². The van der Waals surface area contributed by atoms with Crippen molar-refractivity contribution in [1.29, 1.82) is 0 Å². The second-order valence-corrected chi connectivity index (χ2v) is 18.0.